The number of quaternary nitrogens is 1. The van der Waals surface area contributed by atoms with E-state index in [0.717, 1.165) is 19.5 Å². The second kappa shape index (κ2) is 6.52. The van der Waals surface area contributed by atoms with Crippen molar-refractivity contribution < 1.29 is 14.5 Å². The lowest BCUT2D eigenvalue weighted by molar-refractivity contribution is -0.908. The largest absolute Gasteiger partial charge is 0.347 e. The summed E-state index contributed by atoms with van der Waals surface area (Å²) in [6.45, 7) is 2.35. The van der Waals surface area contributed by atoms with Crippen LogP contribution < -0.4 is 10.2 Å². The number of rotatable bonds is 4. The van der Waals surface area contributed by atoms with E-state index in [1.807, 2.05) is 6.07 Å². The summed E-state index contributed by atoms with van der Waals surface area (Å²) >= 11 is 0. The lowest BCUT2D eigenvalue weighted by Gasteiger charge is -2.25. The van der Waals surface area contributed by atoms with E-state index in [0.29, 0.717) is 6.54 Å². The molecule has 20 heavy (non-hydrogen) atoms. The van der Waals surface area contributed by atoms with Gasteiger partial charge in [0.1, 0.15) is 6.54 Å². The van der Waals surface area contributed by atoms with Crippen molar-refractivity contribution in [3.8, 4) is 0 Å². The van der Waals surface area contributed by atoms with Crippen molar-refractivity contribution in [1.82, 2.24) is 10.2 Å². The molecular formula is C15H22N3O2+. The average molecular weight is 276 g/mol. The van der Waals surface area contributed by atoms with Crippen LogP contribution >= 0.6 is 0 Å². The van der Waals surface area contributed by atoms with Gasteiger partial charge in [0, 0.05) is 26.1 Å². The number of benzene rings is 1. The minimum Gasteiger partial charge on any atom is -0.347 e. The van der Waals surface area contributed by atoms with Crippen LogP contribution in [0.1, 0.15) is 11.1 Å². The van der Waals surface area contributed by atoms with Crippen molar-refractivity contribution in [2.24, 2.45) is 0 Å². The fourth-order valence-corrected chi connectivity index (χ4v) is 2.42. The maximum absolute atomic E-state index is 11.8. The van der Waals surface area contributed by atoms with Crippen molar-refractivity contribution in [2.75, 3.05) is 33.7 Å². The molecule has 1 aromatic carbocycles. The number of carbonyl (C=O) groups is 2. The van der Waals surface area contributed by atoms with E-state index in [1.54, 1.807) is 14.1 Å². The summed E-state index contributed by atoms with van der Waals surface area (Å²) in [7, 11) is 3.36. The van der Waals surface area contributed by atoms with Crippen LogP contribution in [0, 0.1) is 0 Å². The third-order valence-electron chi connectivity index (χ3n) is 3.65. The highest BCUT2D eigenvalue weighted by molar-refractivity contribution is 5.84. The highest BCUT2D eigenvalue weighted by Gasteiger charge is 2.21. The molecule has 1 aliphatic rings. The maximum atomic E-state index is 11.8. The first-order valence-electron chi connectivity index (χ1n) is 6.93. The zero-order valence-corrected chi connectivity index (χ0v) is 12.1. The van der Waals surface area contributed by atoms with Crippen LogP contribution in [0.4, 0.5) is 0 Å². The Bertz CT molecular complexity index is 500. The molecule has 0 bridgehead atoms. The van der Waals surface area contributed by atoms with Gasteiger partial charge in [-0.3, -0.25) is 9.59 Å². The molecule has 1 heterocycles. The lowest BCUT2D eigenvalue weighted by atomic mass is 10.00. The second-order valence-electron chi connectivity index (χ2n) is 5.44. The third-order valence-corrected chi connectivity index (χ3v) is 3.65. The van der Waals surface area contributed by atoms with Crippen LogP contribution in [0.15, 0.2) is 24.3 Å². The van der Waals surface area contributed by atoms with Gasteiger partial charge >= 0.3 is 0 Å². The van der Waals surface area contributed by atoms with Crippen LogP contribution in [-0.2, 0) is 22.6 Å². The topological polar surface area (TPSA) is 53.9 Å². The molecular weight excluding hydrogens is 254 g/mol. The lowest BCUT2D eigenvalue weighted by Crippen LogP contribution is -3.12. The van der Waals surface area contributed by atoms with E-state index in [4.69, 9.17) is 0 Å². The summed E-state index contributed by atoms with van der Waals surface area (Å²) in [5, 5.41) is 2.68. The summed E-state index contributed by atoms with van der Waals surface area (Å²) in [6.07, 6.45) is 1.01. The Hall–Kier alpha value is -1.88. The number of nitrogens with zero attached hydrogens (tertiary/aromatic N) is 1. The van der Waals surface area contributed by atoms with Gasteiger partial charge in [0.05, 0.1) is 13.1 Å². The average Bonchev–Trinajstić information content (AvgIpc) is 2.44. The van der Waals surface area contributed by atoms with E-state index >= 15 is 0 Å². The van der Waals surface area contributed by atoms with Crippen LogP contribution in [0.2, 0.25) is 0 Å². The van der Waals surface area contributed by atoms with Gasteiger partial charge in [-0.15, -0.1) is 0 Å². The third kappa shape index (κ3) is 3.81. The van der Waals surface area contributed by atoms with Crippen LogP contribution in [0.5, 0.6) is 0 Å². The van der Waals surface area contributed by atoms with Gasteiger partial charge in [-0.25, -0.2) is 0 Å². The first-order valence-corrected chi connectivity index (χ1v) is 6.93. The number of nitrogens with one attached hydrogen (secondary N) is 2. The molecule has 1 atom stereocenters. The van der Waals surface area contributed by atoms with Gasteiger partial charge in [0.2, 0.25) is 5.91 Å². The molecule has 0 fully saturated rings. The van der Waals surface area contributed by atoms with Gasteiger partial charge < -0.3 is 15.1 Å². The van der Waals surface area contributed by atoms with Crippen LogP contribution in [0.3, 0.4) is 0 Å². The quantitative estimate of drug-likeness (QED) is 0.728. The minimum atomic E-state index is -0.0858. The van der Waals surface area contributed by atoms with Crippen LogP contribution in [0.25, 0.3) is 0 Å². The smallest absolute Gasteiger partial charge is 0.275 e. The van der Waals surface area contributed by atoms with Gasteiger partial charge in [-0.2, -0.15) is 0 Å². The molecule has 0 aliphatic carbocycles. The van der Waals surface area contributed by atoms with Gasteiger partial charge in [-0.1, -0.05) is 24.3 Å². The highest BCUT2D eigenvalue weighted by Crippen LogP contribution is 2.10. The monoisotopic (exact) mass is 276 g/mol. The molecule has 0 saturated carbocycles. The molecule has 0 spiro atoms. The van der Waals surface area contributed by atoms with Crippen molar-refractivity contribution in [3.63, 3.8) is 0 Å². The molecule has 0 saturated heterocycles. The molecule has 1 unspecified atom stereocenters. The van der Waals surface area contributed by atoms with E-state index in [2.05, 4.69) is 23.5 Å². The first kappa shape index (κ1) is 14.5. The summed E-state index contributed by atoms with van der Waals surface area (Å²) in [5.41, 5.74) is 2.71. The molecule has 108 valence electrons. The fourth-order valence-electron chi connectivity index (χ4n) is 2.42. The van der Waals surface area contributed by atoms with Crippen molar-refractivity contribution >= 4 is 11.8 Å². The van der Waals surface area contributed by atoms with Gasteiger partial charge in [0.25, 0.3) is 5.91 Å². The Morgan fingerprint density at radius 1 is 1.25 bits per heavy atom. The molecule has 5 nitrogen and oxygen atoms in total. The number of carbonyl (C=O) groups excluding carboxylic acids is 2. The summed E-state index contributed by atoms with van der Waals surface area (Å²) < 4.78 is 0. The number of hydrogen-bond donors (Lipinski definition) is 2. The van der Waals surface area contributed by atoms with E-state index in [1.165, 1.54) is 20.9 Å². The predicted molar refractivity (Wildman–Crippen MR) is 76.3 cm³/mol. The van der Waals surface area contributed by atoms with Crippen molar-refractivity contribution in [1.29, 1.82) is 0 Å². The molecule has 1 aromatic rings. The maximum Gasteiger partial charge on any atom is 0.275 e. The summed E-state index contributed by atoms with van der Waals surface area (Å²) in [5.74, 6) is -0.146. The Morgan fingerprint density at radius 2 is 1.95 bits per heavy atom. The number of likely N-dealkylation sites (N-methyl/N-ethyl adjacent to an activating group) is 1. The Balaban J connectivity index is 1.80. The zero-order chi connectivity index (χ0) is 14.5. The van der Waals surface area contributed by atoms with Gasteiger partial charge in [0.15, 0.2) is 6.54 Å². The number of fused-ring (bicyclic) bond motifs is 1. The van der Waals surface area contributed by atoms with Crippen LogP contribution in [-0.4, -0.2) is 50.4 Å². The van der Waals surface area contributed by atoms with E-state index < -0.39 is 0 Å². The minimum absolute atomic E-state index is 0.0606. The predicted octanol–water partition coefficient (Wildman–Crippen LogP) is -1.17. The number of hydrogen-bond acceptors (Lipinski definition) is 2. The fraction of sp³-hybridized carbons (Fsp3) is 0.467. The summed E-state index contributed by atoms with van der Waals surface area (Å²) in [6, 6.07) is 8.38. The summed E-state index contributed by atoms with van der Waals surface area (Å²) in [4.78, 5) is 26.0. The second-order valence-corrected chi connectivity index (χ2v) is 5.44. The first-order chi connectivity index (χ1) is 9.56. The highest BCUT2D eigenvalue weighted by atomic mass is 16.2. The van der Waals surface area contributed by atoms with Crippen molar-refractivity contribution in [2.45, 2.75) is 13.0 Å². The standard InChI is InChI=1S/C15H21N3O2/c1-17(2)15(20)9-16-14(19)11-18-8-7-12-5-3-4-6-13(12)10-18/h3-6H,7-11H2,1-2H3,(H,16,19)/p+1. The molecule has 2 amide bonds. The molecule has 1 aliphatic heterocycles. The van der Waals surface area contributed by atoms with E-state index in [-0.39, 0.29) is 18.4 Å². The molecule has 5 heteroatoms. The Kier molecular flexibility index (Phi) is 4.74. The zero-order valence-electron chi connectivity index (χ0n) is 12.1. The normalized spacial score (nSPS) is 17.2. The SMILES string of the molecule is CN(C)C(=O)CNC(=O)C[NH+]1CCc2ccccc2C1. The Morgan fingerprint density at radius 3 is 2.65 bits per heavy atom. The number of amides is 2. The Labute approximate surface area is 119 Å². The van der Waals surface area contributed by atoms with Gasteiger partial charge in [-0.05, 0) is 5.56 Å². The van der Waals surface area contributed by atoms with Crippen molar-refractivity contribution in [3.05, 3.63) is 35.4 Å². The molecule has 0 aromatic heterocycles. The molecule has 2 rings (SSSR count). The van der Waals surface area contributed by atoms with E-state index in [9.17, 15) is 9.59 Å². The molecule has 2 N–H and O–H groups in total. The molecule has 0 radical (unpaired) electrons.